The molecule has 80 valence electrons. The third kappa shape index (κ3) is 1.36. The van der Waals surface area contributed by atoms with E-state index >= 15 is 0 Å². The Bertz CT molecular complexity index is 624. The molecule has 0 amide bonds. The summed E-state index contributed by atoms with van der Waals surface area (Å²) in [7, 11) is 1.85. The number of aryl methyl sites for hydroxylation is 1. The Balaban J connectivity index is 2.03. The lowest BCUT2D eigenvalue weighted by atomic mass is 10.5. The molecule has 0 bridgehead atoms. The van der Waals surface area contributed by atoms with Crippen LogP contribution in [0.15, 0.2) is 24.8 Å². The zero-order valence-corrected chi connectivity index (χ0v) is 8.44. The largest absolute Gasteiger partial charge is 0.336 e. The summed E-state index contributed by atoms with van der Waals surface area (Å²) < 4.78 is 3.27. The summed E-state index contributed by atoms with van der Waals surface area (Å²) in [6.45, 7) is 0. The van der Waals surface area contributed by atoms with E-state index in [2.05, 4.69) is 30.9 Å². The number of tetrazole rings is 1. The van der Waals surface area contributed by atoms with Crippen LogP contribution in [-0.4, -0.2) is 34.8 Å². The predicted molar refractivity (Wildman–Crippen MR) is 55.1 cm³/mol. The molecule has 3 aromatic heterocycles. The highest BCUT2D eigenvalue weighted by Crippen LogP contribution is 2.13. The van der Waals surface area contributed by atoms with E-state index in [0.29, 0.717) is 11.5 Å². The molecule has 0 aliphatic carbocycles. The summed E-state index contributed by atoms with van der Waals surface area (Å²) in [5.74, 6) is 0.690. The van der Waals surface area contributed by atoms with E-state index < -0.39 is 0 Å². The highest BCUT2D eigenvalue weighted by Gasteiger charge is 2.04. The molecule has 3 heterocycles. The first kappa shape index (κ1) is 8.77. The molecule has 0 saturated carbocycles. The summed E-state index contributed by atoms with van der Waals surface area (Å²) in [4.78, 5) is 4.03. The molecule has 8 nitrogen and oxygen atoms in total. The molecule has 1 N–H and O–H groups in total. The van der Waals surface area contributed by atoms with Gasteiger partial charge in [0.25, 0.3) is 0 Å². The molecular formula is C8H8N8. The molecule has 0 spiro atoms. The van der Waals surface area contributed by atoms with Gasteiger partial charge in [0.2, 0.25) is 0 Å². The first-order chi connectivity index (χ1) is 7.83. The van der Waals surface area contributed by atoms with Gasteiger partial charge in [0.05, 0.1) is 24.3 Å². The second kappa shape index (κ2) is 3.26. The van der Waals surface area contributed by atoms with Gasteiger partial charge in [-0.25, -0.2) is 0 Å². The minimum Gasteiger partial charge on any atom is -0.336 e. The van der Waals surface area contributed by atoms with Crippen LogP contribution in [-0.2, 0) is 7.05 Å². The van der Waals surface area contributed by atoms with Crippen molar-refractivity contribution in [2.24, 2.45) is 7.05 Å². The molecule has 0 unspecified atom stereocenters. The van der Waals surface area contributed by atoms with Crippen molar-refractivity contribution in [3.05, 3.63) is 24.8 Å². The molecule has 0 aliphatic heterocycles. The Morgan fingerprint density at radius 3 is 3.00 bits per heavy atom. The van der Waals surface area contributed by atoms with Gasteiger partial charge in [-0.3, -0.25) is 9.67 Å². The van der Waals surface area contributed by atoms with Crippen LogP contribution in [0.25, 0.3) is 5.65 Å². The van der Waals surface area contributed by atoms with Crippen LogP contribution in [0.1, 0.15) is 0 Å². The standard InChI is InChI=1S/C8H8N8/c1-15-5-6(2-10-15)11-7-3-9-4-8-12-13-14-16(7)8/h2-5,11H,1H3. The Hall–Kier alpha value is -2.51. The van der Waals surface area contributed by atoms with Gasteiger partial charge in [-0.05, 0) is 10.4 Å². The van der Waals surface area contributed by atoms with Gasteiger partial charge in [-0.2, -0.15) is 9.61 Å². The maximum absolute atomic E-state index is 4.05. The molecule has 0 saturated heterocycles. The fourth-order valence-corrected chi connectivity index (χ4v) is 1.39. The maximum atomic E-state index is 4.05. The molecule has 0 aromatic carbocycles. The van der Waals surface area contributed by atoms with Crippen molar-refractivity contribution >= 4 is 17.2 Å². The predicted octanol–water partition coefficient (Wildman–Crippen LogP) is -0.00360. The van der Waals surface area contributed by atoms with Crippen LogP contribution in [0, 0.1) is 0 Å². The average Bonchev–Trinajstić information content (AvgIpc) is 2.87. The second-order valence-corrected chi connectivity index (χ2v) is 3.27. The summed E-state index contributed by atoms with van der Waals surface area (Å²) >= 11 is 0. The number of rotatable bonds is 2. The Kier molecular flexibility index (Phi) is 1.79. The molecule has 0 fully saturated rings. The zero-order valence-electron chi connectivity index (χ0n) is 8.44. The Labute approximate surface area is 89.9 Å². The van der Waals surface area contributed by atoms with Crippen molar-refractivity contribution in [3.8, 4) is 0 Å². The molecule has 3 rings (SSSR count). The van der Waals surface area contributed by atoms with E-state index in [4.69, 9.17) is 0 Å². The summed E-state index contributed by atoms with van der Waals surface area (Å²) in [6.07, 6.45) is 6.80. The van der Waals surface area contributed by atoms with Gasteiger partial charge < -0.3 is 5.32 Å². The smallest absolute Gasteiger partial charge is 0.199 e. The van der Waals surface area contributed by atoms with Crippen LogP contribution >= 0.6 is 0 Å². The topological polar surface area (TPSA) is 85.8 Å². The van der Waals surface area contributed by atoms with E-state index in [0.717, 1.165) is 5.69 Å². The van der Waals surface area contributed by atoms with Gasteiger partial charge in [0.15, 0.2) is 11.5 Å². The van der Waals surface area contributed by atoms with Gasteiger partial charge in [-0.15, -0.1) is 5.10 Å². The first-order valence-corrected chi connectivity index (χ1v) is 4.61. The second-order valence-electron chi connectivity index (χ2n) is 3.27. The number of nitrogens with zero attached hydrogens (tertiary/aromatic N) is 7. The van der Waals surface area contributed by atoms with Gasteiger partial charge in [0.1, 0.15) is 0 Å². The lowest BCUT2D eigenvalue weighted by molar-refractivity contribution is 0.768. The van der Waals surface area contributed by atoms with Crippen molar-refractivity contribution in [2.75, 3.05) is 5.32 Å². The third-order valence-corrected chi connectivity index (χ3v) is 2.09. The van der Waals surface area contributed by atoms with E-state index in [1.165, 1.54) is 0 Å². The van der Waals surface area contributed by atoms with Gasteiger partial charge in [-0.1, -0.05) is 0 Å². The third-order valence-electron chi connectivity index (χ3n) is 2.09. The normalized spacial score (nSPS) is 10.8. The number of hydrogen-bond acceptors (Lipinski definition) is 6. The highest BCUT2D eigenvalue weighted by molar-refractivity contribution is 5.55. The van der Waals surface area contributed by atoms with Gasteiger partial charge >= 0.3 is 0 Å². The van der Waals surface area contributed by atoms with Crippen LogP contribution < -0.4 is 5.32 Å². The Morgan fingerprint density at radius 1 is 1.25 bits per heavy atom. The van der Waals surface area contributed by atoms with Crippen molar-refractivity contribution in [3.63, 3.8) is 0 Å². The number of anilines is 2. The van der Waals surface area contributed by atoms with E-state index in [9.17, 15) is 0 Å². The summed E-state index contributed by atoms with van der Waals surface area (Å²) in [6, 6.07) is 0. The lowest BCUT2D eigenvalue weighted by Gasteiger charge is -2.02. The maximum Gasteiger partial charge on any atom is 0.199 e. The van der Waals surface area contributed by atoms with Crippen molar-refractivity contribution in [1.82, 2.24) is 34.8 Å². The van der Waals surface area contributed by atoms with Crippen LogP contribution in [0.2, 0.25) is 0 Å². The van der Waals surface area contributed by atoms with Crippen LogP contribution in [0.3, 0.4) is 0 Å². The van der Waals surface area contributed by atoms with Crippen LogP contribution in [0.4, 0.5) is 11.5 Å². The minimum atomic E-state index is 0.592. The van der Waals surface area contributed by atoms with E-state index in [1.54, 1.807) is 27.8 Å². The summed E-state index contributed by atoms with van der Waals surface area (Å²) in [5, 5.41) is 18.4. The SMILES string of the molecule is Cn1cc(Nc2cncc3nnnn23)cn1. The summed E-state index contributed by atoms with van der Waals surface area (Å²) in [5.41, 5.74) is 1.45. The lowest BCUT2D eigenvalue weighted by Crippen LogP contribution is -2.00. The number of hydrogen-bond donors (Lipinski definition) is 1. The van der Waals surface area contributed by atoms with E-state index in [-0.39, 0.29) is 0 Å². The van der Waals surface area contributed by atoms with Crippen molar-refractivity contribution in [2.45, 2.75) is 0 Å². The number of nitrogens with one attached hydrogen (secondary N) is 1. The van der Waals surface area contributed by atoms with Crippen LogP contribution in [0.5, 0.6) is 0 Å². The quantitative estimate of drug-likeness (QED) is 0.648. The highest BCUT2D eigenvalue weighted by atomic mass is 15.5. The number of aromatic nitrogens is 7. The van der Waals surface area contributed by atoms with Crippen molar-refractivity contribution < 1.29 is 0 Å². The van der Waals surface area contributed by atoms with Crippen molar-refractivity contribution in [1.29, 1.82) is 0 Å². The minimum absolute atomic E-state index is 0.592. The molecule has 0 atom stereocenters. The molecular weight excluding hydrogens is 208 g/mol. The van der Waals surface area contributed by atoms with Gasteiger partial charge in [0, 0.05) is 13.2 Å². The zero-order chi connectivity index (χ0) is 11.0. The molecule has 0 radical (unpaired) electrons. The first-order valence-electron chi connectivity index (χ1n) is 4.61. The number of fused-ring (bicyclic) bond motifs is 1. The molecule has 16 heavy (non-hydrogen) atoms. The fraction of sp³-hybridized carbons (Fsp3) is 0.125. The fourth-order valence-electron chi connectivity index (χ4n) is 1.39. The van der Waals surface area contributed by atoms with E-state index in [1.807, 2.05) is 13.2 Å². The Morgan fingerprint density at radius 2 is 2.19 bits per heavy atom. The molecule has 8 heteroatoms. The average molecular weight is 216 g/mol. The molecule has 0 aliphatic rings. The molecule has 3 aromatic rings. The monoisotopic (exact) mass is 216 g/mol.